The van der Waals surface area contributed by atoms with Gasteiger partial charge in [0.25, 0.3) is 6.08 Å². The van der Waals surface area contributed by atoms with Gasteiger partial charge in [0, 0.05) is 5.92 Å². The van der Waals surface area contributed by atoms with Gasteiger partial charge in [0.15, 0.2) is 6.29 Å². The number of hydrogen-bond donors (Lipinski definition) is 0. The summed E-state index contributed by atoms with van der Waals surface area (Å²) in [5, 5.41) is 0. The average Bonchev–Trinajstić information content (AvgIpc) is 2.88. The maximum absolute atomic E-state index is 12.5. The van der Waals surface area contributed by atoms with Crippen molar-refractivity contribution in [1.82, 2.24) is 0 Å². The molecule has 0 amide bonds. The first-order valence-electron chi connectivity index (χ1n) is 15.4. The molecule has 0 aromatic rings. The summed E-state index contributed by atoms with van der Waals surface area (Å²) in [5.74, 6) is 5.31. The van der Waals surface area contributed by atoms with E-state index in [0.717, 1.165) is 62.1 Å². The number of rotatable bonds is 10. The van der Waals surface area contributed by atoms with Crippen LogP contribution in [0.1, 0.15) is 122 Å². The predicted octanol–water partition coefficient (Wildman–Crippen LogP) is 9.54. The number of hydrogen-bond acceptors (Lipinski definition) is 2. The second kappa shape index (κ2) is 14.5. The zero-order chi connectivity index (χ0) is 24.5. The third-order valence-corrected chi connectivity index (χ3v) is 10.3. The van der Waals surface area contributed by atoms with Crippen LogP contribution in [0.25, 0.3) is 0 Å². The van der Waals surface area contributed by atoms with Crippen LogP contribution in [0.2, 0.25) is 0 Å². The molecule has 4 heteroatoms. The van der Waals surface area contributed by atoms with E-state index in [2.05, 4.69) is 6.92 Å². The van der Waals surface area contributed by atoms with E-state index in [1.54, 1.807) is 0 Å². The van der Waals surface area contributed by atoms with E-state index in [9.17, 15) is 8.78 Å². The molecule has 0 spiro atoms. The molecule has 0 aromatic carbocycles. The molecule has 4 rings (SSSR count). The normalized spacial score (nSPS) is 38.7. The molecule has 1 heterocycles. The molecular weight excluding hydrogens is 442 g/mol. The van der Waals surface area contributed by atoms with Crippen LogP contribution in [0, 0.1) is 41.4 Å². The molecule has 1 aliphatic heterocycles. The third kappa shape index (κ3) is 8.80. The van der Waals surface area contributed by atoms with Gasteiger partial charge in [-0.2, -0.15) is 8.78 Å². The van der Waals surface area contributed by atoms with Gasteiger partial charge < -0.3 is 9.47 Å². The Morgan fingerprint density at radius 2 is 1.11 bits per heavy atom. The lowest BCUT2D eigenvalue weighted by Gasteiger charge is -2.41. The van der Waals surface area contributed by atoms with Gasteiger partial charge >= 0.3 is 0 Å². The Morgan fingerprint density at radius 1 is 0.629 bits per heavy atom. The molecule has 1 saturated heterocycles. The fourth-order valence-corrected chi connectivity index (χ4v) is 8.07. The van der Waals surface area contributed by atoms with Gasteiger partial charge in [0.2, 0.25) is 0 Å². The minimum absolute atomic E-state index is 0.0546. The summed E-state index contributed by atoms with van der Waals surface area (Å²) in [5.41, 5.74) is 0. The molecule has 3 aliphatic carbocycles. The van der Waals surface area contributed by atoms with Crippen molar-refractivity contribution in [3.8, 4) is 0 Å². The second-order valence-corrected chi connectivity index (χ2v) is 12.6. The molecule has 0 aromatic heterocycles. The van der Waals surface area contributed by atoms with Crippen LogP contribution in [0.5, 0.6) is 0 Å². The summed E-state index contributed by atoms with van der Waals surface area (Å²) in [4.78, 5) is 0. The highest BCUT2D eigenvalue weighted by Crippen LogP contribution is 2.46. The maximum Gasteiger partial charge on any atom is 0.266 e. The Balaban J connectivity index is 1.04. The van der Waals surface area contributed by atoms with Crippen LogP contribution in [-0.2, 0) is 9.47 Å². The summed E-state index contributed by atoms with van der Waals surface area (Å²) in [6.45, 7) is 4.02. The molecule has 35 heavy (non-hydrogen) atoms. The van der Waals surface area contributed by atoms with E-state index in [-0.39, 0.29) is 12.2 Å². The van der Waals surface area contributed by atoms with E-state index >= 15 is 0 Å². The zero-order valence-corrected chi connectivity index (χ0v) is 22.4. The molecule has 0 bridgehead atoms. The smallest absolute Gasteiger partial charge is 0.266 e. The Labute approximate surface area is 214 Å². The fourth-order valence-electron chi connectivity index (χ4n) is 8.07. The van der Waals surface area contributed by atoms with Gasteiger partial charge in [-0.25, -0.2) is 0 Å². The van der Waals surface area contributed by atoms with Crippen molar-refractivity contribution in [1.29, 1.82) is 0 Å². The van der Waals surface area contributed by atoms with E-state index in [1.165, 1.54) is 102 Å². The van der Waals surface area contributed by atoms with Crippen LogP contribution < -0.4 is 0 Å². The Morgan fingerprint density at radius 3 is 1.63 bits per heavy atom. The summed E-state index contributed by atoms with van der Waals surface area (Å²) in [6, 6.07) is 0. The van der Waals surface area contributed by atoms with Crippen molar-refractivity contribution in [2.45, 2.75) is 129 Å². The molecule has 3 saturated carbocycles. The van der Waals surface area contributed by atoms with Crippen LogP contribution in [0.3, 0.4) is 0 Å². The molecule has 0 radical (unpaired) electrons. The van der Waals surface area contributed by atoms with Crippen molar-refractivity contribution in [2.24, 2.45) is 41.4 Å². The first-order chi connectivity index (χ1) is 17.1. The van der Waals surface area contributed by atoms with Gasteiger partial charge in [-0.15, -0.1) is 0 Å². The number of allylic oxidation sites excluding steroid dienone is 1. The Hall–Kier alpha value is -0.480. The van der Waals surface area contributed by atoms with Crippen LogP contribution >= 0.6 is 0 Å². The van der Waals surface area contributed by atoms with Gasteiger partial charge in [-0.05, 0) is 125 Å². The molecule has 202 valence electrons. The van der Waals surface area contributed by atoms with E-state index < -0.39 is 6.08 Å². The highest BCUT2D eigenvalue weighted by molar-refractivity contribution is 4.92. The topological polar surface area (TPSA) is 18.5 Å². The minimum atomic E-state index is -1.48. The largest absolute Gasteiger partial charge is 0.352 e. The lowest BCUT2D eigenvalue weighted by atomic mass is 9.65. The van der Waals surface area contributed by atoms with Gasteiger partial charge in [0.05, 0.1) is 13.2 Å². The Kier molecular flexibility index (Phi) is 11.4. The Bertz CT molecular complexity index is 601. The van der Waals surface area contributed by atoms with Crippen molar-refractivity contribution >= 4 is 0 Å². The highest BCUT2D eigenvalue weighted by Gasteiger charge is 2.34. The SMILES string of the molecule is CCCC1COC(CCCCC2CCC(C3CCC(C4CCC(C=C(F)F)CC4)CC3)CC2)OC1. The third-order valence-electron chi connectivity index (χ3n) is 10.3. The van der Waals surface area contributed by atoms with Crippen molar-refractivity contribution in [3.63, 3.8) is 0 Å². The summed E-state index contributed by atoms with van der Waals surface area (Å²) >= 11 is 0. The predicted molar refractivity (Wildman–Crippen MR) is 139 cm³/mol. The molecular formula is C31H52F2O2. The maximum atomic E-state index is 12.5. The highest BCUT2D eigenvalue weighted by atomic mass is 19.3. The fraction of sp³-hybridized carbons (Fsp3) is 0.935. The van der Waals surface area contributed by atoms with Crippen LogP contribution in [-0.4, -0.2) is 19.5 Å². The molecule has 0 unspecified atom stereocenters. The standard InChI is InChI=1S/C31H52F2O2/c1-2-5-25-21-34-31(35-22-25)7-4-3-6-23-8-12-26(13-9-23)28-16-18-29(19-17-28)27-14-10-24(11-15-27)20-30(32)33/h20,23-29,31H,2-19,21-22H2,1H3. The van der Waals surface area contributed by atoms with Gasteiger partial charge in [0.1, 0.15) is 0 Å². The first-order valence-corrected chi connectivity index (χ1v) is 15.4. The zero-order valence-electron chi connectivity index (χ0n) is 22.4. The average molecular weight is 495 g/mol. The van der Waals surface area contributed by atoms with Crippen molar-refractivity contribution in [3.05, 3.63) is 12.2 Å². The number of ether oxygens (including phenoxy) is 2. The molecule has 4 aliphatic rings. The molecule has 0 N–H and O–H groups in total. The van der Waals surface area contributed by atoms with E-state index in [1.807, 2.05) is 0 Å². The van der Waals surface area contributed by atoms with Gasteiger partial charge in [-0.1, -0.05) is 39.0 Å². The molecule has 4 fully saturated rings. The lowest BCUT2D eigenvalue weighted by molar-refractivity contribution is -0.204. The molecule has 0 atom stereocenters. The first kappa shape index (κ1) is 27.6. The summed E-state index contributed by atoms with van der Waals surface area (Å²) < 4.78 is 36.9. The number of halogens is 2. The molecule has 2 nitrogen and oxygen atoms in total. The minimum Gasteiger partial charge on any atom is -0.352 e. The van der Waals surface area contributed by atoms with Gasteiger partial charge in [-0.3, -0.25) is 0 Å². The summed E-state index contributed by atoms with van der Waals surface area (Å²) in [7, 11) is 0. The van der Waals surface area contributed by atoms with Crippen molar-refractivity contribution < 1.29 is 18.3 Å². The van der Waals surface area contributed by atoms with Crippen molar-refractivity contribution in [2.75, 3.05) is 13.2 Å². The number of unbranched alkanes of at least 4 members (excludes halogenated alkanes) is 1. The van der Waals surface area contributed by atoms with E-state index in [0.29, 0.717) is 5.92 Å². The van der Waals surface area contributed by atoms with E-state index in [4.69, 9.17) is 9.47 Å². The summed E-state index contributed by atoms with van der Waals surface area (Å²) in [6.07, 6.45) is 23.1. The second-order valence-electron chi connectivity index (χ2n) is 12.6. The monoisotopic (exact) mass is 494 g/mol. The van der Waals surface area contributed by atoms with Crippen LogP contribution in [0.4, 0.5) is 8.78 Å². The lowest BCUT2D eigenvalue weighted by Crippen LogP contribution is -2.32. The van der Waals surface area contributed by atoms with Crippen LogP contribution in [0.15, 0.2) is 12.2 Å². The quantitative estimate of drug-likeness (QED) is 0.281.